The van der Waals surface area contributed by atoms with Crippen molar-refractivity contribution in [1.29, 1.82) is 0 Å². The minimum absolute atomic E-state index is 0.00541. The number of thioether (sulfide) groups is 1. The SMILES string of the molecule is C[C@H](OC(=O)CS[C@H]1CCS(=O)(=O)C1)C(=O)Nc1cccnc1Cl. The summed E-state index contributed by atoms with van der Waals surface area (Å²) in [5.74, 6) is -0.841. The highest BCUT2D eigenvalue weighted by molar-refractivity contribution is 8.02. The molecule has 1 amide bonds. The Bertz CT molecular complexity index is 726. The predicted octanol–water partition coefficient (Wildman–Crippen LogP) is 1.53. The van der Waals surface area contributed by atoms with Gasteiger partial charge in [0, 0.05) is 11.4 Å². The fourth-order valence-electron chi connectivity index (χ4n) is 2.08. The molecule has 10 heteroatoms. The Kier molecular flexibility index (Phi) is 6.47. The second-order valence-electron chi connectivity index (χ2n) is 5.30. The zero-order valence-electron chi connectivity index (χ0n) is 12.9. The van der Waals surface area contributed by atoms with Crippen molar-refractivity contribution in [3.63, 3.8) is 0 Å². The average Bonchev–Trinajstić information content (AvgIpc) is 2.86. The maximum atomic E-state index is 12.0. The Morgan fingerprint density at radius 1 is 1.54 bits per heavy atom. The molecule has 1 saturated heterocycles. The van der Waals surface area contributed by atoms with Crippen LogP contribution in [0.3, 0.4) is 0 Å². The summed E-state index contributed by atoms with van der Waals surface area (Å²) < 4.78 is 27.8. The van der Waals surface area contributed by atoms with Crippen molar-refractivity contribution in [2.75, 3.05) is 22.6 Å². The van der Waals surface area contributed by atoms with E-state index in [1.54, 1.807) is 12.1 Å². The lowest BCUT2D eigenvalue weighted by Crippen LogP contribution is -2.31. The van der Waals surface area contributed by atoms with Crippen LogP contribution in [0, 0.1) is 0 Å². The number of esters is 1. The number of hydrogen-bond acceptors (Lipinski definition) is 7. The molecule has 132 valence electrons. The summed E-state index contributed by atoms with van der Waals surface area (Å²) in [6.07, 6.45) is 1.03. The van der Waals surface area contributed by atoms with E-state index in [9.17, 15) is 18.0 Å². The molecule has 0 saturated carbocycles. The van der Waals surface area contributed by atoms with Crippen LogP contribution in [0.15, 0.2) is 18.3 Å². The predicted molar refractivity (Wildman–Crippen MR) is 92.9 cm³/mol. The molecule has 0 aromatic carbocycles. The lowest BCUT2D eigenvalue weighted by Gasteiger charge is -2.14. The van der Waals surface area contributed by atoms with Gasteiger partial charge in [0.25, 0.3) is 5.91 Å². The van der Waals surface area contributed by atoms with E-state index in [-0.39, 0.29) is 27.7 Å². The van der Waals surface area contributed by atoms with E-state index in [1.165, 1.54) is 24.9 Å². The molecule has 1 aromatic heterocycles. The molecule has 1 aromatic rings. The van der Waals surface area contributed by atoms with E-state index in [0.717, 1.165) is 0 Å². The van der Waals surface area contributed by atoms with E-state index in [4.69, 9.17) is 16.3 Å². The van der Waals surface area contributed by atoms with Crippen molar-refractivity contribution in [1.82, 2.24) is 4.98 Å². The van der Waals surface area contributed by atoms with Gasteiger partial charge in [0.15, 0.2) is 21.1 Å². The Hall–Kier alpha value is -1.32. The average molecular weight is 393 g/mol. The van der Waals surface area contributed by atoms with Crippen LogP contribution in [0.25, 0.3) is 0 Å². The minimum atomic E-state index is -2.97. The maximum Gasteiger partial charge on any atom is 0.316 e. The van der Waals surface area contributed by atoms with Gasteiger partial charge in [-0.2, -0.15) is 0 Å². The molecule has 2 rings (SSSR count). The molecule has 1 N–H and O–H groups in total. The standard InChI is InChI=1S/C14H17ClN2O5S2/c1-9(14(19)17-11-3-2-5-16-13(11)15)22-12(18)7-23-10-4-6-24(20,21)8-10/h2-3,5,9-10H,4,6-8H2,1H3,(H,17,19)/t9-,10-/m0/s1. The number of carbonyl (C=O) groups excluding carboxylic acids is 2. The summed E-state index contributed by atoms with van der Waals surface area (Å²) in [7, 11) is -2.97. The summed E-state index contributed by atoms with van der Waals surface area (Å²) >= 11 is 7.08. The third-order valence-electron chi connectivity index (χ3n) is 3.32. The monoisotopic (exact) mass is 392 g/mol. The molecule has 0 unspecified atom stereocenters. The summed E-state index contributed by atoms with van der Waals surface area (Å²) in [4.78, 5) is 27.6. The van der Waals surface area contributed by atoms with E-state index in [1.807, 2.05) is 0 Å². The number of nitrogens with zero attached hydrogens (tertiary/aromatic N) is 1. The number of nitrogens with one attached hydrogen (secondary N) is 1. The van der Waals surface area contributed by atoms with Crippen molar-refractivity contribution < 1.29 is 22.7 Å². The van der Waals surface area contributed by atoms with Crippen molar-refractivity contribution >= 4 is 50.8 Å². The Morgan fingerprint density at radius 2 is 2.29 bits per heavy atom. The van der Waals surface area contributed by atoms with E-state index >= 15 is 0 Å². The summed E-state index contributed by atoms with van der Waals surface area (Å²) in [6, 6.07) is 3.20. The molecule has 0 bridgehead atoms. The maximum absolute atomic E-state index is 12.0. The first-order chi connectivity index (χ1) is 11.3. The third-order valence-corrected chi connectivity index (χ3v) is 6.88. The number of hydrogen-bond donors (Lipinski definition) is 1. The largest absolute Gasteiger partial charge is 0.452 e. The number of ether oxygens (including phenoxy) is 1. The molecule has 7 nitrogen and oxygen atoms in total. The second-order valence-corrected chi connectivity index (χ2v) is 9.17. The molecule has 0 spiro atoms. The molecular weight excluding hydrogens is 376 g/mol. The number of carbonyl (C=O) groups is 2. The lowest BCUT2D eigenvalue weighted by atomic mass is 10.3. The number of pyridine rings is 1. The first-order valence-corrected chi connectivity index (χ1v) is 10.4. The summed E-state index contributed by atoms with van der Waals surface area (Å²) in [5.41, 5.74) is 0.331. The van der Waals surface area contributed by atoms with Crippen LogP contribution in [0.4, 0.5) is 5.69 Å². The highest BCUT2D eigenvalue weighted by Crippen LogP contribution is 2.24. The third kappa shape index (κ3) is 5.64. The van der Waals surface area contributed by atoms with Gasteiger partial charge in [0.05, 0.1) is 22.9 Å². The van der Waals surface area contributed by atoms with E-state index in [2.05, 4.69) is 10.3 Å². The van der Waals surface area contributed by atoms with Crippen LogP contribution in [-0.4, -0.2) is 53.9 Å². The van der Waals surface area contributed by atoms with Gasteiger partial charge in [-0.25, -0.2) is 13.4 Å². The van der Waals surface area contributed by atoms with Crippen LogP contribution in [0.2, 0.25) is 5.15 Å². The normalized spacial score (nSPS) is 20.3. The quantitative estimate of drug-likeness (QED) is 0.578. The fourth-order valence-corrected chi connectivity index (χ4v) is 5.67. The molecule has 2 atom stereocenters. The van der Waals surface area contributed by atoms with Gasteiger partial charge >= 0.3 is 5.97 Å². The lowest BCUT2D eigenvalue weighted by molar-refractivity contribution is -0.150. The number of sulfone groups is 1. The van der Waals surface area contributed by atoms with Gasteiger partial charge in [0.2, 0.25) is 0 Å². The highest BCUT2D eigenvalue weighted by Gasteiger charge is 2.29. The van der Waals surface area contributed by atoms with Gasteiger partial charge in [-0.05, 0) is 25.5 Å². The van der Waals surface area contributed by atoms with Gasteiger partial charge in [-0.15, -0.1) is 11.8 Å². The number of halogens is 1. The van der Waals surface area contributed by atoms with Crippen LogP contribution < -0.4 is 5.32 Å². The van der Waals surface area contributed by atoms with Gasteiger partial charge in [-0.3, -0.25) is 9.59 Å². The van der Waals surface area contributed by atoms with Crippen LogP contribution in [0.5, 0.6) is 0 Å². The highest BCUT2D eigenvalue weighted by atomic mass is 35.5. The van der Waals surface area contributed by atoms with Crippen molar-refractivity contribution in [3.05, 3.63) is 23.5 Å². The number of anilines is 1. The van der Waals surface area contributed by atoms with Gasteiger partial charge in [0.1, 0.15) is 0 Å². The van der Waals surface area contributed by atoms with Crippen molar-refractivity contribution in [2.24, 2.45) is 0 Å². The molecule has 0 aliphatic carbocycles. The van der Waals surface area contributed by atoms with E-state index in [0.29, 0.717) is 12.1 Å². The Labute approximate surface area is 149 Å². The van der Waals surface area contributed by atoms with Crippen molar-refractivity contribution in [3.8, 4) is 0 Å². The number of amides is 1. The molecule has 2 heterocycles. The first-order valence-electron chi connectivity index (χ1n) is 7.20. The van der Waals surface area contributed by atoms with Gasteiger partial charge in [-0.1, -0.05) is 11.6 Å². The zero-order chi connectivity index (χ0) is 17.7. The topological polar surface area (TPSA) is 102 Å². The smallest absolute Gasteiger partial charge is 0.316 e. The Balaban J connectivity index is 1.77. The van der Waals surface area contributed by atoms with Crippen molar-refractivity contribution in [2.45, 2.75) is 24.7 Å². The molecule has 24 heavy (non-hydrogen) atoms. The minimum Gasteiger partial charge on any atom is -0.452 e. The van der Waals surface area contributed by atoms with Gasteiger partial charge < -0.3 is 10.1 Å². The molecule has 1 aliphatic rings. The van der Waals surface area contributed by atoms with Crippen LogP contribution in [-0.2, 0) is 24.2 Å². The second kappa shape index (κ2) is 8.17. The van der Waals surface area contributed by atoms with Crippen LogP contribution in [0.1, 0.15) is 13.3 Å². The molecule has 1 fully saturated rings. The first kappa shape index (κ1) is 19.0. The Morgan fingerprint density at radius 3 is 2.92 bits per heavy atom. The number of aromatic nitrogens is 1. The summed E-state index contributed by atoms with van der Waals surface area (Å²) in [6.45, 7) is 1.45. The zero-order valence-corrected chi connectivity index (χ0v) is 15.3. The molecule has 0 radical (unpaired) electrons. The van der Waals surface area contributed by atoms with E-state index < -0.39 is 27.8 Å². The molecule has 1 aliphatic heterocycles. The summed E-state index contributed by atoms with van der Waals surface area (Å²) in [5, 5.41) is 2.57. The number of rotatable bonds is 6. The molecular formula is C14H17ClN2O5S2. The van der Waals surface area contributed by atoms with Crippen LogP contribution >= 0.6 is 23.4 Å². The fraction of sp³-hybridized carbons (Fsp3) is 0.500.